The zero-order valence-corrected chi connectivity index (χ0v) is 12.7. The van der Waals surface area contributed by atoms with Gasteiger partial charge < -0.3 is 15.2 Å². The van der Waals surface area contributed by atoms with Crippen LogP contribution in [0.15, 0.2) is 18.2 Å². The zero-order chi connectivity index (χ0) is 15.7. The Morgan fingerprint density at radius 2 is 2.05 bits per heavy atom. The van der Waals surface area contributed by atoms with E-state index in [4.69, 9.17) is 4.74 Å². The first-order chi connectivity index (χ1) is 9.88. The Labute approximate surface area is 124 Å². The largest absolute Gasteiger partial charge is 0.480 e. The van der Waals surface area contributed by atoms with E-state index in [1.807, 2.05) is 39.0 Å². The number of carbonyl (C=O) groups excluding carboxylic acids is 1. The first kappa shape index (κ1) is 15.5. The van der Waals surface area contributed by atoms with Crippen molar-refractivity contribution in [1.82, 2.24) is 5.32 Å². The molecule has 0 fully saturated rings. The van der Waals surface area contributed by atoms with Gasteiger partial charge in [-0.25, -0.2) is 0 Å². The summed E-state index contributed by atoms with van der Waals surface area (Å²) in [5.41, 5.74) is 1.87. The maximum absolute atomic E-state index is 12.3. The number of nitrogens with one attached hydrogen (secondary N) is 1. The minimum Gasteiger partial charge on any atom is -0.480 e. The maximum atomic E-state index is 12.3. The highest BCUT2D eigenvalue weighted by molar-refractivity contribution is 5.87. The Morgan fingerprint density at radius 1 is 1.38 bits per heavy atom. The molecule has 0 radical (unpaired) electrons. The highest BCUT2D eigenvalue weighted by Crippen LogP contribution is 2.42. The van der Waals surface area contributed by atoms with E-state index in [1.165, 1.54) is 0 Å². The van der Waals surface area contributed by atoms with Gasteiger partial charge in [-0.2, -0.15) is 0 Å². The highest BCUT2D eigenvalue weighted by Gasteiger charge is 2.43. The van der Waals surface area contributed by atoms with Gasteiger partial charge in [0.05, 0.1) is 5.92 Å². The summed E-state index contributed by atoms with van der Waals surface area (Å²) in [5, 5.41) is 12.0. The fourth-order valence-electron chi connectivity index (χ4n) is 2.95. The zero-order valence-electron chi connectivity index (χ0n) is 12.7. The molecule has 0 saturated heterocycles. The average molecular weight is 291 g/mol. The Kier molecular flexibility index (Phi) is 4.32. The highest BCUT2D eigenvalue weighted by atomic mass is 16.5. The molecule has 3 atom stereocenters. The van der Waals surface area contributed by atoms with Crippen molar-refractivity contribution in [2.75, 3.05) is 7.05 Å². The SMILES string of the molecule is CNC(C(=O)O)C1C(=O)Oc2c(C(C)C)cccc2C1C. The summed E-state index contributed by atoms with van der Waals surface area (Å²) in [5.74, 6) is -1.65. The van der Waals surface area contributed by atoms with Crippen LogP contribution < -0.4 is 10.1 Å². The van der Waals surface area contributed by atoms with Crippen molar-refractivity contribution in [2.24, 2.45) is 5.92 Å². The number of esters is 1. The molecule has 21 heavy (non-hydrogen) atoms. The lowest BCUT2D eigenvalue weighted by atomic mass is 9.79. The number of rotatable bonds is 4. The van der Waals surface area contributed by atoms with E-state index in [2.05, 4.69) is 5.32 Å². The summed E-state index contributed by atoms with van der Waals surface area (Å²) in [6, 6.07) is 4.82. The predicted molar refractivity (Wildman–Crippen MR) is 78.6 cm³/mol. The number of carbonyl (C=O) groups is 2. The molecular weight excluding hydrogens is 270 g/mol. The van der Waals surface area contributed by atoms with Crippen molar-refractivity contribution in [2.45, 2.75) is 38.6 Å². The standard InChI is InChI=1S/C16H21NO4/c1-8(2)10-6-5-7-11-9(3)12(13(17-4)15(18)19)16(20)21-14(10)11/h5-9,12-13,17H,1-4H3,(H,18,19). The molecule has 1 aromatic carbocycles. The van der Waals surface area contributed by atoms with Crippen molar-refractivity contribution in [3.05, 3.63) is 29.3 Å². The summed E-state index contributed by atoms with van der Waals surface area (Å²) >= 11 is 0. The topological polar surface area (TPSA) is 75.6 Å². The van der Waals surface area contributed by atoms with E-state index in [0.29, 0.717) is 5.75 Å². The maximum Gasteiger partial charge on any atom is 0.321 e. The summed E-state index contributed by atoms with van der Waals surface area (Å²) < 4.78 is 5.50. The van der Waals surface area contributed by atoms with Crippen molar-refractivity contribution in [3.8, 4) is 5.75 Å². The van der Waals surface area contributed by atoms with Gasteiger partial charge in [-0.05, 0) is 24.1 Å². The van der Waals surface area contributed by atoms with Crippen LogP contribution in [0.1, 0.15) is 43.7 Å². The first-order valence-corrected chi connectivity index (χ1v) is 7.13. The molecule has 2 N–H and O–H groups in total. The fourth-order valence-corrected chi connectivity index (χ4v) is 2.95. The van der Waals surface area contributed by atoms with Crippen molar-refractivity contribution >= 4 is 11.9 Å². The van der Waals surface area contributed by atoms with Gasteiger partial charge >= 0.3 is 11.9 Å². The van der Waals surface area contributed by atoms with E-state index < -0.39 is 23.9 Å². The molecule has 114 valence electrons. The summed E-state index contributed by atoms with van der Waals surface area (Å²) in [6.07, 6.45) is 0. The number of likely N-dealkylation sites (N-methyl/N-ethyl adjacent to an activating group) is 1. The van der Waals surface area contributed by atoms with Gasteiger partial charge in [0.25, 0.3) is 0 Å². The van der Waals surface area contributed by atoms with Crippen LogP contribution in [-0.4, -0.2) is 30.1 Å². The van der Waals surface area contributed by atoms with Crippen LogP contribution in [0.3, 0.4) is 0 Å². The van der Waals surface area contributed by atoms with E-state index in [-0.39, 0.29) is 11.8 Å². The first-order valence-electron chi connectivity index (χ1n) is 7.13. The lowest BCUT2D eigenvalue weighted by Gasteiger charge is -2.34. The minimum atomic E-state index is -1.05. The molecule has 0 spiro atoms. The van der Waals surface area contributed by atoms with Crippen molar-refractivity contribution < 1.29 is 19.4 Å². The monoisotopic (exact) mass is 291 g/mol. The molecule has 0 aliphatic carbocycles. The summed E-state index contributed by atoms with van der Waals surface area (Å²) in [6.45, 7) is 5.95. The minimum absolute atomic E-state index is 0.214. The van der Waals surface area contributed by atoms with Crippen LogP contribution in [0.4, 0.5) is 0 Å². The summed E-state index contributed by atoms with van der Waals surface area (Å²) in [4.78, 5) is 23.7. The number of aliphatic carboxylic acids is 1. The molecule has 0 bridgehead atoms. The Morgan fingerprint density at radius 3 is 2.57 bits per heavy atom. The van der Waals surface area contributed by atoms with Crippen LogP contribution in [0.5, 0.6) is 5.75 Å². The second kappa shape index (κ2) is 5.85. The molecule has 0 amide bonds. The third-order valence-electron chi connectivity index (χ3n) is 4.14. The van der Waals surface area contributed by atoms with Crippen LogP contribution in [0, 0.1) is 5.92 Å². The molecule has 0 aromatic heterocycles. The van der Waals surface area contributed by atoms with E-state index in [0.717, 1.165) is 11.1 Å². The van der Waals surface area contributed by atoms with E-state index in [1.54, 1.807) is 7.05 Å². The smallest absolute Gasteiger partial charge is 0.321 e. The number of hydrogen-bond acceptors (Lipinski definition) is 4. The van der Waals surface area contributed by atoms with Gasteiger partial charge in [0.2, 0.25) is 0 Å². The molecule has 1 aliphatic rings. The molecule has 3 unspecified atom stereocenters. The van der Waals surface area contributed by atoms with Gasteiger partial charge in [0.15, 0.2) is 0 Å². The Bertz CT molecular complexity index is 567. The molecule has 0 saturated carbocycles. The number of hydrogen-bond donors (Lipinski definition) is 2. The molecular formula is C16H21NO4. The van der Waals surface area contributed by atoms with Gasteiger partial charge in [-0.3, -0.25) is 9.59 Å². The van der Waals surface area contributed by atoms with Gasteiger partial charge in [0, 0.05) is 5.92 Å². The van der Waals surface area contributed by atoms with Crippen molar-refractivity contribution in [1.29, 1.82) is 0 Å². The van der Waals surface area contributed by atoms with Gasteiger partial charge in [0.1, 0.15) is 11.8 Å². The van der Waals surface area contributed by atoms with E-state index in [9.17, 15) is 14.7 Å². The molecule has 1 aliphatic heterocycles. The van der Waals surface area contributed by atoms with Crippen LogP contribution in [0.2, 0.25) is 0 Å². The number of carboxylic acids is 1. The second-order valence-electron chi connectivity index (χ2n) is 5.76. The fraction of sp³-hybridized carbons (Fsp3) is 0.500. The summed E-state index contributed by atoms with van der Waals surface area (Å²) in [7, 11) is 1.54. The third-order valence-corrected chi connectivity index (χ3v) is 4.14. The van der Waals surface area contributed by atoms with Gasteiger partial charge in [-0.1, -0.05) is 39.0 Å². The molecule has 1 aromatic rings. The number of ether oxygens (including phenoxy) is 1. The number of para-hydroxylation sites is 1. The van der Waals surface area contributed by atoms with Crippen LogP contribution in [0.25, 0.3) is 0 Å². The number of carboxylic acid groups (broad SMARTS) is 1. The molecule has 2 rings (SSSR count). The Balaban J connectivity index is 2.49. The van der Waals surface area contributed by atoms with Crippen LogP contribution in [-0.2, 0) is 9.59 Å². The number of benzene rings is 1. The number of fused-ring (bicyclic) bond motifs is 1. The predicted octanol–water partition coefficient (Wildman–Crippen LogP) is 2.12. The lowest BCUT2D eigenvalue weighted by molar-refractivity contribution is -0.151. The third kappa shape index (κ3) is 2.65. The Hall–Kier alpha value is -1.88. The average Bonchev–Trinajstić information content (AvgIpc) is 2.42. The molecule has 5 heteroatoms. The second-order valence-corrected chi connectivity index (χ2v) is 5.76. The van der Waals surface area contributed by atoms with Gasteiger partial charge in [-0.15, -0.1) is 0 Å². The molecule has 1 heterocycles. The van der Waals surface area contributed by atoms with Crippen LogP contribution >= 0.6 is 0 Å². The van der Waals surface area contributed by atoms with Crippen molar-refractivity contribution in [3.63, 3.8) is 0 Å². The van der Waals surface area contributed by atoms with E-state index >= 15 is 0 Å². The normalized spacial score (nSPS) is 22.6. The lowest BCUT2D eigenvalue weighted by Crippen LogP contribution is -2.49. The molecule has 5 nitrogen and oxygen atoms in total. The quantitative estimate of drug-likeness (QED) is 0.656.